The van der Waals surface area contributed by atoms with Crippen LogP contribution in [-0.2, 0) is 4.79 Å². The lowest BCUT2D eigenvalue weighted by atomic mass is 10.3. The second kappa shape index (κ2) is 7.44. The average molecular weight is 304 g/mol. The first-order valence-corrected chi connectivity index (χ1v) is 7.15. The van der Waals surface area contributed by atoms with Crippen LogP contribution in [0.15, 0.2) is 41.5 Å². The SMILES string of the molecule is COc1ccccc1OCC(=O)N/N=C\c1ccc(C)s1. The third kappa shape index (κ3) is 4.61. The molecule has 2 rings (SSSR count). The zero-order valence-corrected chi connectivity index (χ0v) is 12.6. The first kappa shape index (κ1) is 15.1. The summed E-state index contributed by atoms with van der Waals surface area (Å²) >= 11 is 1.61. The maximum Gasteiger partial charge on any atom is 0.277 e. The molecule has 1 N–H and O–H groups in total. The van der Waals surface area contributed by atoms with Gasteiger partial charge >= 0.3 is 0 Å². The molecular formula is C15H16N2O3S. The molecule has 1 heterocycles. The molecule has 0 aliphatic carbocycles. The van der Waals surface area contributed by atoms with Gasteiger partial charge in [0.25, 0.3) is 5.91 Å². The minimum atomic E-state index is -0.328. The van der Waals surface area contributed by atoms with E-state index in [1.54, 1.807) is 36.8 Å². The number of rotatable bonds is 6. The van der Waals surface area contributed by atoms with Gasteiger partial charge < -0.3 is 9.47 Å². The molecule has 0 spiro atoms. The average Bonchev–Trinajstić information content (AvgIpc) is 2.91. The van der Waals surface area contributed by atoms with Gasteiger partial charge in [-0.05, 0) is 31.2 Å². The Balaban J connectivity index is 1.81. The van der Waals surface area contributed by atoms with Gasteiger partial charge in [0.05, 0.1) is 13.3 Å². The van der Waals surface area contributed by atoms with Gasteiger partial charge in [0.1, 0.15) is 0 Å². The number of amides is 1. The molecule has 110 valence electrons. The number of carbonyl (C=O) groups is 1. The molecule has 0 aliphatic rings. The Labute approximate surface area is 127 Å². The van der Waals surface area contributed by atoms with Crippen molar-refractivity contribution in [3.8, 4) is 11.5 Å². The van der Waals surface area contributed by atoms with Crippen LogP contribution in [0.25, 0.3) is 0 Å². The van der Waals surface area contributed by atoms with E-state index >= 15 is 0 Å². The Morgan fingerprint density at radius 1 is 1.29 bits per heavy atom. The maximum atomic E-state index is 11.6. The van der Waals surface area contributed by atoms with Gasteiger partial charge in [0.2, 0.25) is 0 Å². The zero-order chi connectivity index (χ0) is 15.1. The molecule has 5 nitrogen and oxygen atoms in total. The summed E-state index contributed by atoms with van der Waals surface area (Å²) in [7, 11) is 1.55. The first-order chi connectivity index (χ1) is 10.2. The molecule has 0 radical (unpaired) electrons. The van der Waals surface area contributed by atoms with Crippen molar-refractivity contribution in [3.05, 3.63) is 46.2 Å². The number of methoxy groups -OCH3 is 1. The molecule has 1 amide bonds. The standard InChI is InChI=1S/C15H16N2O3S/c1-11-7-8-12(21-11)9-16-17-15(18)10-20-14-6-4-3-5-13(14)19-2/h3-9H,10H2,1-2H3,(H,17,18)/b16-9-. The number of hydrogen-bond donors (Lipinski definition) is 1. The molecule has 0 atom stereocenters. The molecule has 0 saturated carbocycles. The van der Waals surface area contributed by atoms with E-state index in [9.17, 15) is 4.79 Å². The van der Waals surface area contributed by atoms with Crippen molar-refractivity contribution in [2.45, 2.75) is 6.92 Å². The molecular weight excluding hydrogens is 288 g/mol. The molecule has 1 aromatic carbocycles. The van der Waals surface area contributed by atoms with Gasteiger partial charge in [-0.2, -0.15) is 5.10 Å². The number of para-hydroxylation sites is 2. The molecule has 1 aromatic heterocycles. The lowest BCUT2D eigenvalue weighted by Gasteiger charge is -2.08. The third-order valence-corrected chi connectivity index (χ3v) is 3.51. The Morgan fingerprint density at radius 3 is 2.71 bits per heavy atom. The van der Waals surface area contributed by atoms with E-state index in [-0.39, 0.29) is 12.5 Å². The minimum Gasteiger partial charge on any atom is -0.493 e. The van der Waals surface area contributed by atoms with Crippen LogP contribution < -0.4 is 14.9 Å². The van der Waals surface area contributed by atoms with E-state index in [2.05, 4.69) is 10.5 Å². The van der Waals surface area contributed by atoms with E-state index in [0.717, 1.165) is 4.88 Å². The second-order valence-corrected chi connectivity index (χ2v) is 5.50. The van der Waals surface area contributed by atoms with Crippen LogP contribution in [0.2, 0.25) is 0 Å². The summed E-state index contributed by atoms with van der Waals surface area (Å²) in [6.07, 6.45) is 1.61. The second-order valence-electron chi connectivity index (χ2n) is 4.18. The normalized spacial score (nSPS) is 10.6. The highest BCUT2D eigenvalue weighted by atomic mass is 32.1. The fourth-order valence-corrected chi connectivity index (χ4v) is 2.35. The number of thiophene rings is 1. The van der Waals surface area contributed by atoms with Crippen LogP contribution in [0, 0.1) is 6.92 Å². The van der Waals surface area contributed by atoms with E-state index in [0.29, 0.717) is 11.5 Å². The predicted molar refractivity (Wildman–Crippen MR) is 83.3 cm³/mol. The van der Waals surface area contributed by atoms with Crippen LogP contribution in [0.1, 0.15) is 9.75 Å². The van der Waals surface area contributed by atoms with Crippen molar-refractivity contribution in [1.82, 2.24) is 5.43 Å². The van der Waals surface area contributed by atoms with Crippen LogP contribution in [0.3, 0.4) is 0 Å². The quantitative estimate of drug-likeness (QED) is 0.659. The third-order valence-electron chi connectivity index (χ3n) is 2.57. The van der Waals surface area contributed by atoms with Crippen molar-refractivity contribution in [2.24, 2.45) is 5.10 Å². The number of benzene rings is 1. The number of nitrogens with one attached hydrogen (secondary N) is 1. The fraction of sp³-hybridized carbons (Fsp3) is 0.200. The summed E-state index contributed by atoms with van der Waals surface area (Å²) in [5.74, 6) is 0.779. The summed E-state index contributed by atoms with van der Waals surface area (Å²) in [5.41, 5.74) is 2.42. The number of hydrogen-bond acceptors (Lipinski definition) is 5. The largest absolute Gasteiger partial charge is 0.493 e. The summed E-state index contributed by atoms with van der Waals surface area (Å²) < 4.78 is 10.5. The minimum absolute atomic E-state index is 0.124. The fourth-order valence-electron chi connectivity index (χ4n) is 1.60. The molecule has 21 heavy (non-hydrogen) atoms. The smallest absolute Gasteiger partial charge is 0.277 e. The van der Waals surface area contributed by atoms with Crippen LogP contribution in [-0.4, -0.2) is 25.8 Å². The number of hydrazone groups is 1. The zero-order valence-electron chi connectivity index (χ0n) is 11.8. The van der Waals surface area contributed by atoms with Crippen LogP contribution in [0.5, 0.6) is 11.5 Å². The number of ether oxygens (including phenoxy) is 2. The summed E-state index contributed by atoms with van der Waals surface area (Å²) in [4.78, 5) is 13.8. The highest BCUT2D eigenvalue weighted by Crippen LogP contribution is 2.25. The van der Waals surface area contributed by atoms with Gasteiger partial charge in [-0.3, -0.25) is 4.79 Å². The Morgan fingerprint density at radius 2 is 2.05 bits per heavy atom. The van der Waals surface area contributed by atoms with Crippen molar-refractivity contribution in [1.29, 1.82) is 0 Å². The topological polar surface area (TPSA) is 59.9 Å². The molecule has 2 aromatic rings. The number of nitrogens with zero attached hydrogens (tertiary/aromatic N) is 1. The van der Waals surface area contributed by atoms with Crippen molar-refractivity contribution >= 4 is 23.5 Å². The Kier molecular flexibility index (Phi) is 5.34. The van der Waals surface area contributed by atoms with E-state index in [1.807, 2.05) is 31.2 Å². The molecule has 6 heteroatoms. The monoisotopic (exact) mass is 304 g/mol. The van der Waals surface area contributed by atoms with E-state index < -0.39 is 0 Å². The summed E-state index contributed by atoms with van der Waals surface area (Å²) in [6.45, 7) is 1.89. The van der Waals surface area contributed by atoms with Gasteiger partial charge in [-0.15, -0.1) is 11.3 Å². The molecule has 0 unspecified atom stereocenters. The van der Waals surface area contributed by atoms with E-state index in [4.69, 9.17) is 9.47 Å². The first-order valence-electron chi connectivity index (χ1n) is 6.33. The Bertz CT molecular complexity index is 637. The molecule has 0 fully saturated rings. The van der Waals surface area contributed by atoms with Crippen molar-refractivity contribution in [3.63, 3.8) is 0 Å². The van der Waals surface area contributed by atoms with Crippen LogP contribution in [0.4, 0.5) is 0 Å². The summed E-state index contributed by atoms with van der Waals surface area (Å²) in [6, 6.07) is 11.1. The molecule has 0 bridgehead atoms. The number of aryl methyl sites for hydroxylation is 1. The predicted octanol–water partition coefficient (Wildman–Crippen LogP) is 2.59. The van der Waals surface area contributed by atoms with Crippen molar-refractivity contribution < 1.29 is 14.3 Å². The van der Waals surface area contributed by atoms with Gasteiger partial charge in [0.15, 0.2) is 18.1 Å². The lowest BCUT2D eigenvalue weighted by Crippen LogP contribution is -2.24. The van der Waals surface area contributed by atoms with Crippen LogP contribution >= 0.6 is 11.3 Å². The lowest BCUT2D eigenvalue weighted by molar-refractivity contribution is -0.123. The van der Waals surface area contributed by atoms with Crippen molar-refractivity contribution in [2.75, 3.05) is 13.7 Å². The van der Waals surface area contributed by atoms with E-state index in [1.165, 1.54) is 4.88 Å². The van der Waals surface area contributed by atoms with Gasteiger partial charge in [-0.1, -0.05) is 12.1 Å². The maximum absolute atomic E-state index is 11.6. The highest BCUT2D eigenvalue weighted by Gasteiger charge is 2.05. The Hall–Kier alpha value is -2.34. The number of carbonyl (C=O) groups excluding carboxylic acids is 1. The van der Waals surface area contributed by atoms with Gasteiger partial charge in [-0.25, -0.2) is 5.43 Å². The summed E-state index contributed by atoms with van der Waals surface area (Å²) in [5, 5.41) is 3.88. The highest BCUT2D eigenvalue weighted by molar-refractivity contribution is 7.13. The molecule has 0 aliphatic heterocycles. The molecule has 0 saturated heterocycles. The van der Waals surface area contributed by atoms with Gasteiger partial charge in [0, 0.05) is 9.75 Å².